The molecule has 0 fully saturated rings. The highest BCUT2D eigenvalue weighted by atomic mass is 16.4. The third-order valence-electron chi connectivity index (χ3n) is 2.20. The van der Waals surface area contributed by atoms with Crippen LogP contribution in [0.3, 0.4) is 0 Å². The number of phenols is 1. The molecule has 0 bridgehead atoms. The standard InChI is InChI=1S/C11H12N2O2/c1-6-11(13-7(2)15-6)8-3-4-10(14)9(12)5-8/h3-5,14H,12H2,1-2H3. The van der Waals surface area contributed by atoms with Crippen LogP contribution in [0.15, 0.2) is 22.6 Å². The number of nitrogens with zero attached hydrogens (tertiary/aromatic N) is 1. The van der Waals surface area contributed by atoms with E-state index in [0.717, 1.165) is 17.0 Å². The summed E-state index contributed by atoms with van der Waals surface area (Å²) in [6.45, 7) is 3.64. The fraction of sp³-hybridized carbons (Fsp3) is 0.182. The van der Waals surface area contributed by atoms with Gasteiger partial charge in [0.25, 0.3) is 0 Å². The molecule has 0 spiro atoms. The summed E-state index contributed by atoms with van der Waals surface area (Å²) in [6, 6.07) is 4.99. The lowest BCUT2D eigenvalue weighted by Crippen LogP contribution is -1.88. The zero-order valence-electron chi connectivity index (χ0n) is 8.61. The van der Waals surface area contributed by atoms with Crippen LogP contribution in [0.4, 0.5) is 5.69 Å². The second-order valence-electron chi connectivity index (χ2n) is 3.41. The monoisotopic (exact) mass is 204 g/mol. The number of hydrogen-bond donors (Lipinski definition) is 2. The van der Waals surface area contributed by atoms with Crippen LogP contribution in [0, 0.1) is 13.8 Å². The van der Waals surface area contributed by atoms with Crippen molar-refractivity contribution < 1.29 is 9.52 Å². The van der Waals surface area contributed by atoms with Crippen LogP contribution in [0.1, 0.15) is 11.7 Å². The number of aryl methyl sites for hydroxylation is 2. The summed E-state index contributed by atoms with van der Waals surface area (Å²) >= 11 is 0. The van der Waals surface area contributed by atoms with Gasteiger partial charge in [0, 0.05) is 12.5 Å². The highest BCUT2D eigenvalue weighted by Crippen LogP contribution is 2.29. The van der Waals surface area contributed by atoms with Crippen molar-refractivity contribution in [3.8, 4) is 17.0 Å². The molecule has 0 saturated heterocycles. The van der Waals surface area contributed by atoms with Crippen LogP contribution in [-0.4, -0.2) is 10.1 Å². The van der Waals surface area contributed by atoms with Gasteiger partial charge in [0.2, 0.25) is 0 Å². The Bertz CT molecular complexity index is 503. The first-order valence-corrected chi connectivity index (χ1v) is 4.61. The average Bonchev–Trinajstić information content (AvgIpc) is 2.50. The van der Waals surface area contributed by atoms with Gasteiger partial charge in [0.1, 0.15) is 17.2 Å². The van der Waals surface area contributed by atoms with E-state index in [2.05, 4.69) is 4.98 Å². The number of phenolic OH excluding ortho intramolecular Hbond substituents is 1. The van der Waals surface area contributed by atoms with Crippen LogP contribution < -0.4 is 5.73 Å². The van der Waals surface area contributed by atoms with Gasteiger partial charge in [-0.1, -0.05) is 0 Å². The summed E-state index contributed by atoms with van der Waals surface area (Å²) in [7, 11) is 0. The Balaban J connectivity index is 2.54. The molecular formula is C11H12N2O2. The Morgan fingerprint density at radius 2 is 2.07 bits per heavy atom. The van der Waals surface area contributed by atoms with Crippen molar-refractivity contribution >= 4 is 5.69 Å². The van der Waals surface area contributed by atoms with Gasteiger partial charge < -0.3 is 15.3 Å². The van der Waals surface area contributed by atoms with E-state index in [4.69, 9.17) is 10.2 Å². The van der Waals surface area contributed by atoms with Crippen molar-refractivity contribution in [3.63, 3.8) is 0 Å². The molecule has 0 atom stereocenters. The number of aromatic nitrogens is 1. The fourth-order valence-corrected chi connectivity index (χ4v) is 1.50. The van der Waals surface area contributed by atoms with Gasteiger partial charge in [-0.2, -0.15) is 0 Å². The predicted octanol–water partition coefficient (Wildman–Crippen LogP) is 2.25. The molecule has 15 heavy (non-hydrogen) atoms. The number of benzene rings is 1. The highest BCUT2D eigenvalue weighted by molar-refractivity contribution is 5.69. The van der Waals surface area contributed by atoms with Crippen molar-refractivity contribution in [2.24, 2.45) is 0 Å². The zero-order valence-corrected chi connectivity index (χ0v) is 8.61. The van der Waals surface area contributed by atoms with Crippen molar-refractivity contribution in [3.05, 3.63) is 29.9 Å². The SMILES string of the molecule is Cc1nc(-c2ccc(O)c(N)c2)c(C)o1. The van der Waals surface area contributed by atoms with Gasteiger partial charge >= 0.3 is 0 Å². The van der Waals surface area contributed by atoms with Gasteiger partial charge in [-0.3, -0.25) is 0 Å². The summed E-state index contributed by atoms with van der Waals surface area (Å²) < 4.78 is 5.32. The van der Waals surface area contributed by atoms with Gasteiger partial charge in [0.15, 0.2) is 5.89 Å². The number of aromatic hydroxyl groups is 1. The third kappa shape index (κ3) is 1.66. The van der Waals surface area contributed by atoms with Crippen LogP contribution in [0.2, 0.25) is 0 Å². The summed E-state index contributed by atoms with van der Waals surface area (Å²) in [6.07, 6.45) is 0. The molecule has 4 heteroatoms. The molecule has 1 heterocycles. The van der Waals surface area contributed by atoms with E-state index in [-0.39, 0.29) is 5.75 Å². The molecule has 0 aliphatic heterocycles. The Labute approximate surface area is 87.4 Å². The largest absolute Gasteiger partial charge is 0.506 e. The summed E-state index contributed by atoms with van der Waals surface area (Å²) in [5, 5.41) is 9.30. The average molecular weight is 204 g/mol. The molecule has 3 N–H and O–H groups in total. The summed E-state index contributed by atoms with van der Waals surface area (Å²) in [4.78, 5) is 4.25. The van der Waals surface area contributed by atoms with Crippen molar-refractivity contribution in [1.29, 1.82) is 0 Å². The lowest BCUT2D eigenvalue weighted by molar-refractivity contribution is 0.478. The predicted molar refractivity (Wildman–Crippen MR) is 57.5 cm³/mol. The number of nitrogens with two attached hydrogens (primary N) is 1. The van der Waals surface area contributed by atoms with Gasteiger partial charge in [0.05, 0.1) is 5.69 Å². The molecule has 2 aromatic rings. The van der Waals surface area contributed by atoms with Crippen LogP contribution in [0.25, 0.3) is 11.3 Å². The molecule has 0 unspecified atom stereocenters. The molecule has 1 aromatic heterocycles. The molecule has 0 amide bonds. The molecule has 1 aromatic carbocycles. The summed E-state index contributed by atoms with van der Waals surface area (Å²) in [5.41, 5.74) is 7.56. The maximum absolute atomic E-state index is 9.30. The molecule has 0 radical (unpaired) electrons. The van der Waals surface area contributed by atoms with Gasteiger partial charge in [-0.05, 0) is 25.1 Å². The Kier molecular flexibility index (Phi) is 2.11. The maximum Gasteiger partial charge on any atom is 0.191 e. The topological polar surface area (TPSA) is 72.3 Å². The first-order chi connectivity index (χ1) is 7.08. The zero-order chi connectivity index (χ0) is 11.0. The molecule has 0 aliphatic rings. The van der Waals surface area contributed by atoms with E-state index in [9.17, 15) is 5.11 Å². The second-order valence-corrected chi connectivity index (χ2v) is 3.41. The Hall–Kier alpha value is -1.97. The van der Waals surface area contributed by atoms with E-state index in [1.54, 1.807) is 25.1 Å². The van der Waals surface area contributed by atoms with Crippen LogP contribution in [-0.2, 0) is 0 Å². The second kappa shape index (κ2) is 3.31. The quantitative estimate of drug-likeness (QED) is 0.552. The first kappa shape index (κ1) is 9.58. The number of anilines is 1. The Morgan fingerprint density at radius 3 is 2.60 bits per heavy atom. The van der Waals surface area contributed by atoms with Crippen molar-refractivity contribution in [2.45, 2.75) is 13.8 Å². The molecule has 4 nitrogen and oxygen atoms in total. The number of rotatable bonds is 1. The Morgan fingerprint density at radius 1 is 1.33 bits per heavy atom. The van der Waals surface area contributed by atoms with Crippen molar-refractivity contribution in [2.75, 3.05) is 5.73 Å². The van der Waals surface area contributed by atoms with E-state index < -0.39 is 0 Å². The number of nitrogen functional groups attached to an aromatic ring is 1. The van der Waals surface area contributed by atoms with E-state index in [1.807, 2.05) is 6.92 Å². The number of oxazole rings is 1. The number of hydrogen-bond acceptors (Lipinski definition) is 4. The van der Waals surface area contributed by atoms with E-state index in [1.165, 1.54) is 0 Å². The minimum absolute atomic E-state index is 0.0802. The van der Waals surface area contributed by atoms with Gasteiger partial charge in [-0.25, -0.2) is 4.98 Å². The van der Waals surface area contributed by atoms with Crippen LogP contribution >= 0.6 is 0 Å². The van der Waals surface area contributed by atoms with E-state index >= 15 is 0 Å². The fourth-order valence-electron chi connectivity index (χ4n) is 1.50. The molecule has 2 rings (SSSR count). The summed E-state index contributed by atoms with van der Waals surface area (Å²) in [5.74, 6) is 1.45. The normalized spacial score (nSPS) is 10.5. The lowest BCUT2D eigenvalue weighted by Gasteiger charge is -2.01. The van der Waals surface area contributed by atoms with Crippen LogP contribution in [0.5, 0.6) is 5.75 Å². The first-order valence-electron chi connectivity index (χ1n) is 4.61. The minimum Gasteiger partial charge on any atom is -0.506 e. The van der Waals surface area contributed by atoms with Crippen molar-refractivity contribution in [1.82, 2.24) is 4.98 Å². The maximum atomic E-state index is 9.30. The molecule has 78 valence electrons. The smallest absolute Gasteiger partial charge is 0.191 e. The third-order valence-corrected chi connectivity index (χ3v) is 2.20. The minimum atomic E-state index is 0.0802. The molecule has 0 saturated carbocycles. The highest BCUT2D eigenvalue weighted by Gasteiger charge is 2.10. The molecular weight excluding hydrogens is 192 g/mol. The van der Waals surface area contributed by atoms with E-state index in [0.29, 0.717) is 11.6 Å². The van der Waals surface area contributed by atoms with Gasteiger partial charge in [-0.15, -0.1) is 0 Å². The lowest BCUT2D eigenvalue weighted by atomic mass is 10.1. The molecule has 0 aliphatic carbocycles.